The fourth-order valence-corrected chi connectivity index (χ4v) is 3.06. The van der Waals surface area contributed by atoms with Gasteiger partial charge in [-0.2, -0.15) is 0 Å². The molecule has 1 saturated heterocycles. The highest BCUT2D eigenvalue weighted by atomic mass is 16.5. The zero-order valence-corrected chi connectivity index (χ0v) is 15.2. The van der Waals surface area contributed by atoms with Crippen molar-refractivity contribution in [2.24, 2.45) is 4.99 Å². The van der Waals surface area contributed by atoms with E-state index in [0.29, 0.717) is 18.2 Å². The van der Waals surface area contributed by atoms with Crippen molar-refractivity contribution in [2.45, 2.75) is 6.54 Å². The van der Waals surface area contributed by atoms with Gasteiger partial charge in [0.2, 0.25) is 5.88 Å². The quantitative estimate of drug-likeness (QED) is 0.642. The number of hydrogen-bond acceptors (Lipinski definition) is 5. The number of aromatic hydroxyl groups is 1. The highest BCUT2D eigenvalue weighted by molar-refractivity contribution is 5.80. The number of phenols is 1. The summed E-state index contributed by atoms with van der Waals surface area (Å²) in [7, 11) is 3.40. The average Bonchev–Trinajstić information content (AvgIpc) is 2.69. The first-order chi connectivity index (χ1) is 12.7. The molecule has 0 atom stereocenters. The molecule has 1 aromatic heterocycles. The second-order valence-corrected chi connectivity index (χ2v) is 6.03. The molecule has 1 aliphatic heterocycles. The van der Waals surface area contributed by atoms with Crippen LogP contribution in [0.3, 0.4) is 0 Å². The van der Waals surface area contributed by atoms with E-state index in [0.717, 1.165) is 43.5 Å². The van der Waals surface area contributed by atoms with Crippen LogP contribution in [-0.2, 0) is 6.54 Å². The molecule has 1 aliphatic rings. The standard InChI is InChI=1S/C19H25N5O2/c1-20-19(21-14-15-6-5-9-18(22-15)26-2)24-12-10-23(11-13-24)16-7-3-4-8-17(16)25/h3-9,25H,10-14H2,1-2H3,(H,20,21). The van der Waals surface area contributed by atoms with Gasteiger partial charge < -0.3 is 25.0 Å². The smallest absolute Gasteiger partial charge is 0.213 e. The molecule has 2 aromatic rings. The SMILES string of the molecule is CN=C(NCc1cccc(OC)n1)N1CCN(c2ccccc2O)CC1. The van der Waals surface area contributed by atoms with Crippen molar-refractivity contribution < 1.29 is 9.84 Å². The van der Waals surface area contributed by atoms with Gasteiger partial charge in [0.25, 0.3) is 0 Å². The minimum absolute atomic E-state index is 0.326. The Labute approximate surface area is 153 Å². The van der Waals surface area contributed by atoms with Gasteiger partial charge in [-0.1, -0.05) is 18.2 Å². The molecule has 0 radical (unpaired) electrons. The fraction of sp³-hybridized carbons (Fsp3) is 0.368. The Morgan fingerprint density at radius 3 is 2.62 bits per heavy atom. The molecule has 2 N–H and O–H groups in total. The van der Waals surface area contributed by atoms with Crippen LogP contribution >= 0.6 is 0 Å². The number of methoxy groups -OCH3 is 1. The molecule has 1 fully saturated rings. The van der Waals surface area contributed by atoms with Crippen molar-refractivity contribution in [2.75, 3.05) is 45.2 Å². The number of hydrogen-bond donors (Lipinski definition) is 2. The molecule has 0 spiro atoms. The first-order valence-electron chi connectivity index (χ1n) is 8.69. The minimum Gasteiger partial charge on any atom is -0.506 e. The van der Waals surface area contributed by atoms with Crippen LogP contribution in [0.1, 0.15) is 5.69 Å². The Morgan fingerprint density at radius 1 is 1.15 bits per heavy atom. The van der Waals surface area contributed by atoms with Crippen molar-refractivity contribution in [3.05, 3.63) is 48.2 Å². The van der Waals surface area contributed by atoms with Crippen molar-refractivity contribution >= 4 is 11.6 Å². The summed E-state index contributed by atoms with van der Waals surface area (Å²) in [6, 6.07) is 13.2. The number of rotatable bonds is 4. The summed E-state index contributed by atoms with van der Waals surface area (Å²) in [6.07, 6.45) is 0. The van der Waals surface area contributed by atoms with Gasteiger partial charge in [-0.3, -0.25) is 4.99 Å². The number of nitrogens with one attached hydrogen (secondary N) is 1. The molecule has 0 unspecified atom stereocenters. The van der Waals surface area contributed by atoms with Gasteiger partial charge in [-0.05, 0) is 18.2 Å². The normalized spacial score (nSPS) is 15.1. The summed E-state index contributed by atoms with van der Waals surface area (Å²) in [4.78, 5) is 13.2. The van der Waals surface area contributed by atoms with E-state index in [1.54, 1.807) is 20.2 Å². The number of aromatic nitrogens is 1. The minimum atomic E-state index is 0.326. The van der Waals surface area contributed by atoms with Crippen LogP contribution in [0.25, 0.3) is 0 Å². The number of guanidine groups is 1. The molecule has 0 bridgehead atoms. The summed E-state index contributed by atoms with van der Waals surface area (Å²) in [6.45, 7) is 3.91. The van der Waals surface area contributed by atoms with Crippen molar-refractivity contribution in [1.82, 2.24) is 15.2 Å². The van der Waals surface area contributed by atoms with E-state index >= 15 is 0 Å². The number of phenolic OH excluding ortho intramolecular Hbond substituents is 1. The third-order valence-corrected chi connectivity index (χ3v) is 4.43. The van der Waals surface area contributed by atoms with Gasteiger partial charge in [-0.15, -0.1) is 0 Å². The molecule has 26 heavy (non-hydrogen) atoms. The average molecular weight is 355 g/mol. The summed E-state index contributed by atoms with van der Waals surface area (Å²) >= 11 is 0. The topological polar surface area (TPSA) is 73.2 Å². The Hall–Kier alpha value is -2.96. The highest BCUT2D eigenvalue weighted by Gasteiger charge is 2.21. The van der Waals surface area contributed by atoms with E-state index in [9.17, 15) is 5.11 Å². The van der Waals surface area contributed by atoms with Crippen LogP contribution in [-0.4, -0.2) is 61.3 Å². The number of piperazine rings is 1. The maximum Gasteiger partial charge on any atom is 0.213 e. The zero-order chi connectivity index (χ0) is 18.4. The zero-order valence-electron chi connectivity index (χ0n) is 15.2. The number of benzene rings is 1. The first kappa shape index (κ1) is 17.8. The van der Waals surface area contributed by atoms with Crippen LogP contribution in [0.5, 0.6) is 11.6 Å². The van der Waals surface area contributed by atoms with Crippen molar-refractivity contribution in [3.63, 3.8) is 0 Å². The molecule has 0 aliphatic carbocycles. The van der Waals surface area contributed by atoms with Gasteiger partial charge in [-0.25, -0.2) is 4.98 Å². The van der Waals surface area contributed by atoms with Gasteiger partial charge in [0.1, 0.15) is 5.75 Å². The largest absolute Gasteiger partial charge is 0.506 e. The van der Waals surface area contributed by atoms with Crippen LogP contribution in [0.15, 0.2) is 47.5 Å². The second-order valence-electron chi connectivity index (χ2n) is 6.03. The van der Waals surface area contributed by atoms with Crippen LogP contribution < -0.4 is 15.0 Å². The number of pyridine rings is 1. The molecular formula is C19H25N5O2. The molecule has 7 nitrogen and oxygen atoms in total. The molecule has 0 saturated carbocycles. The Bertz CT molecular complexity index is 757. The highest BCUT2D eigenvalue weighted by Crippen LogP contribution is 2.27. The number of ether oxygens (including phenoxy) is 1. The maximum atomic E-state index is 10.0. The van der Waals surface area contributed by atoms with E-state index in [-0.39, 0.29) is 0 Å². The number of aliphatic imine (C=N–C) groups is 1. The maximum absolute atomic E-state index is 10.0. The molecule has 2 heterocycles. The summed E-state index contributed by atoms with van der Waals surface area (Å²) in [5.74, 6) is 1.79. The Balaban J connectivity index is 1.56. The van der Waals surface area contributed by atoms with Crippen molar-refractivity contribution in [1.29, 1.82) is 0 Å². The summed E-state index contributed by atoms with van der Waals surface area (Å²) in [5, 5.41) is 13.4. The van der Waals surface area contributed by atoms with E-state index in [2.05, 4.69) is 25.1 Å². The van der Waals surface area contributed by atoms with Gasteiger partial charge >= 0.3 is 0 Å². The third-order valence-electron chi connectivity index (χ3n) is 4.43. The Kier molecular flexibility index (Phi) is 5.78. The van der Waals surface area contributed by atoms with E-state index in [4.69, 9.17) is 4.74 Å². The van der Waals surface area contributed by atoms with E-state index in [1.165, 1.54) is 0 Å². The first-order valence-corrected chi connectivity index (χ1v) is 8.69. The van der Waals surface area contributed by atoms with E-state index in [1.807, 2.05) is 36.4 Å². The van der Waals surface area contributed by atoms with Gasteiger partial charge in [0.05, 0.1) is 25.0 Å². The predicted molar refractivity (Wildman–Crippen MR) is 103 cm³/mol. The third kappa shape index (κ3) is 4.17. The second kappa shape index (κ2) is 8.42. The molecular weight excluding hydrogens is 330 g/mol. The lowest BCUT2D eigenvalue weighted by Crippen LogP contribution is -2.52. The van der Waals surface area contributed by atoms with Gasteiger partial charge in [0, 0.05) is 39.3 Å². The lowest BCUT2D eigenvalue weighted by Gasteiger charge is -2.37. The summed E-state index contributed by atoms with van der Waals surface area (Å²) < 4.78 is 5.16. The molecule has 7 heteroatoms. The fourth-order valence-electron chi connectivity index (χ4n) is 3.06. The van der Waals surface area contributed by atoms with Gasteiger partial charge in [0.15, 0.2) is 5.96 Å². The van der Waals surface area contributed by atoms with Crippen molar-refractivity contribution in [3.8, 4) is 11.6 Å². The lowest BCUT2D eigenvalue weighted by molar-refractivity contribution is 0.369. The number of nitrogens with zero attached hydrogens (tertiary/aromatic N) is 4. The van der Waals surface area contributed by atoms with E-state index < -0.39 is 0 Å². The number of anilines is 1. The number of para-hydroxylation sites is 2. The van der Waals surface area contributed by atoms with Crippen LogP contribution in [0, 0.1) is 0 Å². The lowest BCUT2D eigenvalue weighted by atomic mass is 10.2. The summed E-state index contributed by atoms with van der Waals surface area (Å²) in [5.41, 5.74) is 1.79. The molecule has 3 rings (SSSR count). The van der Waals surface area contributed by atoms with Crippen LogP contribution in [0.2, 0.25) is 0 Å². The molecule has 138 valence electrons. The molecule has 1 aromatic carbocycles. The Morgan fingerprint density at radius 2 is 1.92 bits per heavy atom. The van der Waals surface area contributed by atoms with Crippen LogP contribution in [0.4, 0.5) is 5.69 Å². The molecule has 0 amide bonds. The predicted octanol–water partition coefficient (Wildman–Crippen LogP) is 1.69. The monoisotopic (exact) mass is 355 g/mol.